The van der Waals surface area contributed by atoms with Crippen molar-refractivity contribution in [2.75, 3.05) is 5.43 Å². The number of nitrogens with one attached hydrogen (secondary N) is 2. The molecule has 2 aromatic heterocycles. The number of hydrogen-bond donors (Lipinski definition) is 2. The lowest BCUT2D eigenvalue weighted by Crippen LogP contribution is -2.27. The number of Topliss-reactive ketones (excluding diaryl/α,β-unsaturated/α-hetero) is 1. The topological polar surface area (TPSA) is 96.8 Å². The number of benzene rings is 1. The minimum absolute atomic E-state index is 0.0729. The summed E-state index contributed by atoms with van der Waals surface area (Å²) in [6.07, 6.45) is 0. The van der Waals surface area contributed by atoms with E-state index < -0.39 is 5.91 Å². The maximum Gasteiger partial charge on any atom is 0.291 e. The van der Waals surface area contributed by atoms with Gasteiger partial charge < -0.3 is 0 Å². The molecular formula is C17H16N4O3. The second-order valence-electron chi connectivity index (χ2n) is 5.56. The lowest BCUT2D eigenvalue weighted by atomic mass is 10.1. The van der Waals surface area contributed by atoms with E-state index in [1.54, 1.807) is 48.9 Å². The number of nitrogens with zero attached hydrogens (tertiary/aromatic N) is 2. The van der Waals surface area contributed by atoms with Gasteiger partial charge in [0.1, 0.15) is 0 Å². The third-order valence-electron chi connectivity index (χ3n) is 3.93. The first kappa shape index (κ1) is 15.7. The van der Waals surface area contributed by atoms with Crippen molar-refractivity contribution >= 4 is 22.5 Å². The molecule has 0 aliphatic rings. The van der Waals surface area contributed by atoms with E-state index in [1.807, 2.05) is 0 Å². The van der Waals surface area contributed by atoms with Gasteiger partial charge in [0.05, 0.1) is 5.39 Å². The van der Waals surface area contributed by atoms with Crippen LogP contribution in [-0.4, -0.2) is 26.6 Å². The van der Waals surface area contributed by atoms with Gasteiger partial charge in [-0.1, -0.05) is 18.2 Å². The summed E-state index contributed by atoms with van der Waals surface area (Å²) in [7, 11) is 0. The molecule has 0 spiro atoms. The average Bonchev–Trinajstić information content (AvgIpc) is 2.83. The monoisotopic (exact) mass is 324 g/mol. The van der Waals surface area contributed by atoms with Crippen LogP contribution in [0.1, 0.15) is 39.2 Å². The fourth-order valence-corrected chi connectivity index (χ4v) is 2.73. The summed E-state index contributed by atoms with van der Waals surface area (Å²) in [5.74, 6) is -0.546. The molecule has 3 rings (SSSR count). The maximum absolute atomic E-state index is 12.6. The fourth-order valence-electron chi connectivity index (χ4n) is 2.73. The molecule has 0 bridgehead atoms. The summed E-state index contributed by atoms with van der Waals surface area (Å²) < 4.78 is 1.54. The van der Waals surface area contributed by atoms with Gasteiger partial charge in [0.15, 0.2) is 11.5 Å². The molecule has 1 amide bonds. The van der Waals surface area contributed by atoms with Gasteiger partial charge >= 0.3 is 0 Å². The zero-order valence-corrected chi connectivity index (χ0v) is 13.5. The van der Waals surface area contributed by atoms with Crippen LogP contribution in [0.3, 0.4) is 0 Å². The minimum Gasteiger partial charge on any atom is -0.294 e. The van der Waals surface area contributed by atoms with Crippen LogP contribution in [0.2, 0.25) is 0 Å². The Bertz CT molecular complexity index is 1030. The minimum atomic E-state index is -0.473. The molecular weight excluding hydrogens is 308 g/mol. The van der Waals surface area contributed by atoms with E-state index in [1.165, 1.54) is 6.92 Å². The van der Waals surface area contributed by atoms with Crippen molar-refractivity contribution in [2.45, 2.75) is 20.8 Å². The molecule has 0 saturated heterocycles. The zero-order valence-electron chi connectivity index (χ0n) is 13.5. The number of carbonyl (C=O) groups is 2. The molecule has 0 unspecified atom stereocenters. The lowest BCUT2D eigenvalue weighted by molar-refractivity contribution is 0.0994. The van der Waals surface area contributed by atoms with Crippen LogP contribution in [0.4, 0.5) is 0 Å². The molecule has 0 aliphatic heterocycles. The summed E-state index contributed by atoms with van der Waals surface area (Å²) in [5, 5.41) is 7.06. The van der Waals surface area contributed by atoms with E-state index in [0.717, 1.165) is 5.69 Å². The average molecular weight is 324 g/mol. The Morgan fingerprint density at radius 2 is 1.83 bits per heavy atom. The van der Waals surface area contributed by atoms with E-state index in [4.69, 9.17) is 0 Å². The molecule has 2 heterocycles. The third kappa shape index (κ3) is 2.50. The number of carbonyl (C=O) groups excluding carboxylic acids is 2. The van der Waals surface area contributed by atoms with Crippen molar-refractivity contribution in [3.63, 3.8) is 0 Å². The number of aryl methyl sites for hydroxylation is 1. The largest absolute Gasteiger partial charge is 0.294 e. The number of ketones is 1. The summed E-state index contributed by atoms with van der Waals surface area (Å²) in [6, 6.07) is 8.48. The van der Waals surface area contributed by atoms with Gasteiger partial charge in [-0.25, -0.2) is 5.10 Å². The lowest BCUT2D eigenvalue weighted by Gasteiger charge is -2.12. The van der Waals surface area contributed by atoms with Crippen LogP contribution < -0.4 is 11.0 Å². The van der Waals surface area contributed by atoms with Gasteiger partial charge in [-0.15, -0.1) is 0 Å². The molecule has 0 radical (unpaired) electrons. The van der Waals surface area contributed by atoms with Gasteiger partial charge in [0.25, 0.3) is 11.5 Å². The molecule has 3 aromatic rings. The highest BCUT2D eigenvalue weighted by Gasteiger charge is 2.18. The Morgan fingerprint density at radius 3 is 2.46 bits per heavy atom. The molecule has 0 atom stereocenters. The fraction of sp³-hybridized carbons (Fsp3) is 0.176. The quantitative estimate of drug-likeness (QED) is 0.719. The number of rotatable bonds is 3. The Labute approximate surface area is 137 Å². The number of amides is 1. The van der Waals surface area contributed by atoms with Crippen LogP contribution in [0.25, 0.3) is 10.8 Å². The van der Waals surface area contributed by atoms with Gasteiger partial charge in [0, 0.05) is 22.3 Å². The number of fused-ring (bicyclic) bond motifs is 1. The molecule has 7 nitrogen and oxygen atoms in total. The van der Waals surface area contributed by atoms with Gasteiger partial charge in [0.2, 0.25) is 0 Å². The molecule has 2 N–H and O–H groups in total. The second-order valence-corrected chi connectivity index (χ2v) is 5.56. The summed E-state index contributed by atoms with van der Waals surface area (Å²) in [6.45, 7) is 5.02. The molecule has 0 aliphatic carbocycles. The first-order valence-corrected chi connectivity index (χ1v) is 7.39. The molecule has 0 fully saturated rings. The summed E-state index contributed by atoms with van der Waals surface area (Å²) >= 11 is 0. The van der Waals surface area contributed by atoms with Crippen LogP contribution in [0, 0.1) is 13.8 Å². The highest BCUT2D eigenvalue weighted by molar-refractivity contribution is 6.08. The second kappa shape index (κ2) is 5.77. The Balaban J connectivity index is 2.05. The Kier molecular flexibility index (Phi) is 3.76. The van der Waals surface area contributed by atoms with Gasteiger partial charge in [-0.3, -0.25) is 24.5 Å². The third-order valence-corrected chi connectivity index (χ3v) is 3.93. The van der Waals surface area contributed by atoms with Crippen molar-refractivity contribution in [1.29, 1.82) is 0 Å². The van der Waals surface area contributed by atoms with Crippen molar-refractivity contribution in [3.8, 4) is 0 Å². The van der Waals surface area contributed by atoms with Crippen molar-refractivity contribution < 1.29 is 9.59 Å². The van der Waals surface area contributed by atoms with Crippen molar-refractivity contribution in [2.24, 2.45) is 0 Å². The van der Waals surface area contributed by atoms with E-state index in [0.29, 0.717) is 22.0 Å². The number of aromatic nitrogens is 3. The van der Waals surface area contributed by atoms with E-state index in [2.05, 4.69) is 15.6 Å². The zero-order chi connectivity index (χ0) is 17.4. The predicted octanol–water partition coefficient (Wildman–Crippen LogP) is 1.93. The normalized spacial score (nSPS) is 10.8. The first-order valence-electron chi connectivity index (χ1n) is 7.39. The van der Waals surface area contributed by atoms with Crippen LogP contribution in [0.15, 0.2) is 35.1 Å². The first-order chi connectivity index (χ1) is 11.4. The van der Waals surface area contributed by atoms with Gasteiger partial charge in [-0.2, -0.15) is 5.10 Å². The molecule has 7 heteroatoms. The smallest absolute Gasteiger partial charge is 0.291 e. The van der Waals surface area contributed by atoms with E-state index in [9.17, 15) is 14.4 Å². The van der Waals surface area contributed by atoms with Crippen molar-refractivity contribution in [1.82, 2.24) is 14.9 Å². The summed E-state index contributed by atoms with van der Waals surface area (Å²) in [5.41, 5.74) is 4.39. The molecule has 122 valence electrons. The number of hydrogen-bond acceptors (Lipinski definition) is 4. The SMILES string of the molecule is CC(=O)c1cc(C)n(NC(=O)c2n[nH]c(=O)c3ccccc23)c1C. The van der Waals surface area contributed by atoms with E-state index in [-0.39, 0.29) is 17.0 Å². The number of H-pyrrole nitrogens is 1. The van der Waals surface area contributed by atoms with Crippen LogP contribution in [-0.2, 0) is 0 Å². The van der Waals surface area contributed by atoms with E-state index >= 15 is 0 Å². The Hall–Kier alpha value is -3.22. The maximum atomic E-state index is 12.6. The Morgan fingerprint density at radius 1 is 1.17 bits per heavy atom. The molecule has 1 aromatic carbocycles. The van der Waals surface area contributed by atoms with Crippen LogP contribution >= 0.6 is 0 Å². The molecule has 24 heavy (non-hydrogen) atoms. The highest BCUT2D eigenvalue weighted by Crippen LogP contribution is 2.16. The predicted molar refractivity (Wildman–Crippen MR) is 90.0 cm³/mol. The molecule has 0 saturated carbocycles. The van der Waals surface area contributed by atoms with Crippen LogP contribution in [0.5, 0.6) is 0 Å². The van der Waals surface area contributed by atoms with Gasteiger partial charge in [-0.05, 0) is 32.9 Å². The number of aromatic amines is 1. The standard InChI is InChI=1S/C17H16N4O3/c1-9-8-14(11(3)22)10(2)21(9)20-17(24)15-12-6-4-5-7-13(12)16(23)19-18-15/h4-8H,1-3H3,(H,19,23)(H,20,24). The highest BCUT2D eigenvalue weighted by atomic mass is 16.2. The van der Waals surface area contributed by atoms with Crippen molar-refractivity contribution in [3.05, 3.63) is 63.3 Å². The summed E-state index contributed by atoms with van der Waals surface area (Å²) in [4.78, 5) is 36.0.